The van der Waals surface area contributed by atoms with Gasteiger partial charge in [-0.3, -0.25) is 0 Å². The van der Waals surface area contributed by atoms with E-state index in [-0.39, 0.29) is 0 Å². The predicted octanol–water partition coefficient (Wildman–Crippen LogP) is 2.51. The van der Waals surface area contributed by atoms with E-state index in [0.29, 0.717) is 6.54 Å². The topological polar surface area (TPSA) is 53.0 Å². The van der Waals surface area contributed by atoms with Crippen LogP contribution in [0.1, 0.15) is 38.2 Å². The summed E-state index contributed by atoms with van der Waals surface area (Å²) in [7, 11) is 0. The van der Waals surface area contributed by atoms with E-state index < -0.39 is 0 Å². The second-order valence-electron chi connectivity index (χ2n) is 7.97. The summed E-state index contributed by atoms with van der Waals surface area (Å²) in [6.07, 6.45) is 7.48. The fourth-order valence-corrected chi connectivity index (χ4v) is 4.78. The van der Waals surface area contributed by atoms with Crippen LogP contribution < -0.4 is 10.2 Å². The Morgan fingerprint density at radius 1 is 1.22 bits per heavy atom. The minimum atomic E-state index is 0.675. The number of aromatic nitrogens is 1. The zero-order valence-corrected chi connectivity index (χ0v) is 16.6. The molecule has 2 unspecified atom stereocenters. The summed E-state index contributed by atoms with van der Waals surface area (Å²) in [5, 5.41) is 3.53. The van der Waals surface area contributed by atoms with Gasteiger partial charge in [0.15, 0.2) is 5.96 Å². The van der Waals surface area contributed by atoms with Crippen molar-refractivity contribution >= 4 is 11.8 Å². The Bertz CT molecular complexity index is 629. The summed E-state index contributed by atoms with van der Waals surface area (Å²) in [4.78, 5) is 14.5. The van der Waals surface area contributed by atoms with E-state index in [9.17, 15) is 0 Å². The van der Waals surface area contributed by atoms with Gasteiger partial charge < -0.3 is 19.9 Å². The Morgan fingerprint density at radius 2 is 1.96 bits per heavy atom. The van der Waals surface area contributed by atoms with Crippen LogP contribution in [0.15, 0.2) is 23.3 Å². The molecule has 4 rings (SSSR count). The number of nitrogens with zero attached hydrogens (tertiary/aromatic N) is 4. The molecule has 3 aliphatic rings. The van der Waals surface area contributed by atoms with E-state index in [0.717, 1.165) is 56.5 Å². The van der Waals surface area contributed by atoms with E-state index in [1.54, 1.807) is 0 Å². The molecule has 0 bridgehead atoms. The molecule has 2 atom stereocenters. The molecular weight excluding hydrogens is 338 g/mol. The van der Waals surface area contributed by atoms with Crippen LogP contribution in [0.5, 0.6) is 0 Å². The first kappa shape index (κ1) is 18.5. The first-order valence-electron chi connectivity index (χ1n) is 10.6. The van der Waals surface area contributed by atoms with Crippen molar-refractivity contribution in [3.63, 3.8) is 0 Å². The second-order valence-corrected chi connectivity index (χ2v) is 7.97. The summed E-state index contributed by atoms with van der Waals surface area (Å²) in [6, 6.07) is 4.18. The number of morpholine rings is 1. The van der Waals surface area contributed by atoms with Crippen molar-refractivity contribution in [3.8, 4) is 0 Å². The van der Waals surface area contributed by atoms with Crippen LogP contribution in [0.25, 0.3) is 0 Å². The average Bonchev–Trinajstić information content (AvgIpc) is 3.16. The predicted molar refractivity (Wildman–Crippen MR) is 109 cm³/mol. The third-order valence-electron chi connectivity index (χ3n) is 6.19. The Balaban J connectivity index is 1.48. The van der Waals surface area contributed by atoms with Gasteiger partial charge in [0.25, 0.3) is 0 Å². The summed E-state index contributed by atoms with van der Waals surface area (Å²) in [5.41, 5.74) is 1.20. The molecule has 1 N–H and O–H groups in total. The third kappa shape index (κ3) is 4.37. The molecule has 148 valence electrons. The molecular formula is C21H33N5O. The van der Waals surface area contributed by atoms with Gasteiger partial charge in [0.05, 0.1) is 19.8 Å². The zero-order valence-electron chi connectivity index (χ0n) is 16.6. The van der Waals surface area contributed by atoms with Crippen LogP contribution >= 0.6 is 0 Å². The zero-order chi connectivity index (χ0) is 18.5. The molecule has 0 aromatic carbocycles. The molecule has 0 spiro atoms. The number of ether oxygens (including phenoxy) is 1. The molecule has 1 aliphatic carbocycles. The molecule has 1 aromatic rings. The SMILES string of the molecule is CCNC(=NCc1cccnc1N1CCOCC1)N1CC2CCCCC2C1. The molecule has 3 heterocycles. The first-order chi connectivity index (χ1) is 13.3. The summed E-state index contributed by atoms with van der Waals surface area (Å²) in [5.74, 6) is 3.87. The van der Waals surface area contributed by atoms with Crippen LogP contribution in [0.3, 0.4) is 0 Å². The standard InChI is InChI=1S/C21H33N5O/c1-2-22-21(26-15-18-6-3-4-7-19(18)16-26)24-14-17-8-5-9-23-20(17)25-10-12-27-13-11-25/h5,8-9,18-19H,2-4,6-7,10-16H2,1H3,(H,22,24). The Kier molecular flexibility index (Phi) is 6.12. The highest BCUT2D eigenvalue weighted by atomic mass is 16.5. The highest BCUT2D eigenvalue weighted by Crippen LogP contribution is 2.36. The molecule has 0 amide bonds. The van der Waals surface area contributed by atoms with E-state index in [1.807, 2.05) is 12.3 Å². The molecule has 2 aliphatic heterocycles. The molecule has 0 radical (unpaired) electrons. The van der Waals surface area contributed by atoms with Crippen LogP contribution in [0, 0.1) is 11.8 Å². The number of anilines is 1. The van der Waals surface area contributed by atoms with E-state index in [1.165, 1.54) is 44.3 Å². The maximum absolute atomic E-state index is 5.49. The molecule has 3 fully saturated rings. The number of guanidine groups is 1. The lowest BCUT2D eigenvalue weighted by Crippen LogP contribution is -2.40. The number of nitrogens with one attached hydrogen (secondary N) is 1. The van der Waals surface area contributed by atoms with Gasteiger partial charge in [-0.1, -0.05) is 18.9 Å². The Labute approximate surface area is 163 Å². The molecule has 27 heavy (non-hydrogen) atoms. The van der Waals surface area contributed by atoms with Crippen molar-refractivity contribution in [1.82, 2.24) is 15.2 Å². The lowest BCUT2D eigenvalue weighted by Gasteiger charge is -2.29. The van der Waals surface area contributed by atoms with Crippen molar-refractivity contribution in [3.05, 3.63) is 23.9 Å². The van der Waals surface area contributed by atoms with Crippen molar-refractivity contribution in [1.29, 1.82) is 0 Å². The fraction of sp³-hybridized carbons (Fsp3) is 0.714. The maximum Gasteiger partial charge on any atom is 0.194 e. The minimum Gasteiger partial charge on any atom is -0.378 e. The quantitative estimate of drug-likeness (QED) is 0.651. The van der Waals surface area contributed by atoms with Gasteiger partial charge in [-0.25, -0.2) is 9.98 Å². The van der Waals surface area contributed by atoms with Crippen molar-refractivity contribution in [2.24, 2.45) is 16.8 Å². The van der Waals surface area contributed by atoms with Gasteiger partial charge >= 0.3 is 0 Å². The van der Waals surface area contributed by atoms with Gasteiger partial charge in [-0.15, -0.1) is 0 Å². The number of likely N-dealkylation sites (tertiary alicyclic amines) is 1. The average molecular weight is 372 g/mol. The smallest absolute Gasteiger partial charge is 0.194 e. The van der Waals surface area contributed by atoms with Crippen LogP contribution in [-0.2, 0) is 11.3 Å². The molecule has 6 nitrogen and oxygen atoms in total. The van der Waals surface area contributed by atoms with Crippen molar-refractivity contribution in [2.45, 2.75) is 39.2 Å². The first-order valence-corrected chi connectivity index (χ1v) is 10.6. The molecule has 2 saturated heterocycles. The second kappa shape index (κ2) is 8.91. The number of pyridine rings is 1. The molecule has 1 saturated carbocycles. The van der Waals surface area contributed by atoms with Crippen molar-refractivity contribution in [2.75, 3.05) is 50.8 Å². The van der Waals surface area contributed by atoms with Gasteiger partial charge in [0.2, 0.25) is 0 Å². The van der Waals surface area contributed by atoms with E-state index in [4.69, 9.17) is 9.73 Å². The van der Waals surface area contributed by atoms with E-state index >= 15 is 0 Å². The highest BCUT2D eigenvalue weighted by molar-refractivity contribution is 5.80. The Hall–Kier alpha value is -1.82. The van der Waals surface area contributed by atoms with Crippen LogP contribution in [0.4, 0.5) is 5.82 Å². The fourth-order valence-electron chi connectivity index (χ4n) is 4.78. The highest BCUT2D eigenvalue weighted by Gasteiger charge is 2.35. The third-order valence-corrected chi connectivity index (χ3v) is 6.19. The molecule has 6 heteroatoms. The van der Waals surface area contributed by atoms with Gasteiger partial charge in [0, 0.05) is 44.5 Å². The normalized spacial score (nSPS) is 26.2. The lowest BCUT2D eigenvalue weighted by molar-refractivity contribution is 0.122. The summed E-state index contributed by atoms with van der Waals surface area (Å²) >= 11 is 0. The number of fused-ring (bicyclic) bond motifs is 1. The van der Waals surface area contributed by atoms with Crippen molar-refractivity contribution < 1.29 is 4.74 Å². The monoisotopic (exact) mass is 371 g/mol. The summed E-state index contributed by atoms with van der Waals surface area (Å²) < 4.78 is 5.49. The summed E-state index contributed by atoms with van der Waals surface area (Å²) in [6.45, 7) is 9.44. The number of rotatable bonds is 4. The lowest BCUT2D eigenvalue weighted by atomic mass is 9.82. The Morgan fingerprint density at radius 3 is 2.67 bits per heavy atom. The number of aliphatic imine (C=N–C) groups is 1. The van der Waals surface area contributed by atoms with E-state index in [2.05, 4.69) is 33.1 Å². The number of hydrogen-bond donors (Lipinski definition) is 1. The van der Waals surface area contributed by atoms with Gasteiger partial charge in [-0.05, 0) is 37.7 Å². The van der Waals surface area contributed by atoms with Gasteiger partial charge in [-0.2, -0.15) is 0 Å². The molecule has 1 aromatic heterocycles. The minimum absolute atomic E-state index is 0.675. The largest absolute Gasteiger partial charge is 0.378 e. The maximum atomic E-state index is 5.49. The van der Waals surface area contributed by atoms with Crippen LogP contribution in [-0.4, -0.2) is 61.8 Å². The van der Waals surface area contributed by atoms with Gasteiger partial charge in [0.1, 0.15) is 5.82 Å². The number of hydrogen-bond acceptors (Lipinski definition) is 4. The van der Waals surface area contributed by atoms with Crippen LogP contribution in [0.2, 0.25) is 0 Å².